The molecule has 162 valence electrons. The van der Waals surface area contributed by atoms with Crippen LogP contribution in [0.25, 0.3) is 5.76 Å². The zero-order chi connectivity index (χ0) is 22.8. The van der Waals surface area contributed by atoms with Gasteiger partial charge in [-0.2, -0.15) is 0 Å². The van der Waals surface area contributed by atoms with Crippen molar-refractivity contribution < 1.29 is 28.6 Å². The van der Waals surface area contributed by atoms with E-state index in [2.05, 4.69) is 15.9 Å². The van der Waals surface area contributed by atoms with Gasteiger partial charge in [0, 0.05) is 10.0 Å². The van der Waals surface area contributed by atoms with E-state index in [1.807, 2.05) is 0 Å². The smallest absolute Gasteiger partial charge is 0.337 e. The maximum absolute atomic E-state index is 13.0. The van der Waals surface area contributed by atoms with Crippen molar-refractivity contribution in [3.63, 3.8) is 0 Å². The average Bonchev–Trinajstić information content (AvgIpc) is 3.41. The molecule has 32 heavy (non-hydrogen) atoms. The van der Waals surface area contributed by atoms with E-state index in [4.69, 9.17) is 9.15 Å². The standard InChI is InChI=1S/C24H18BrNO6/c1-31-24(30)16-6-4-14(5-7-16)20-19(21(27)15-8-10-17(25)11-9-15)22(28)23(29)26(20)13-18-3-2-12-32-18/h2-12,20,27H,13H2,1H3/t20-/m1/s1. The summed E-state index contributed by atoms with van der Waals surface area (Å²) in [5.74, 6) is -1.83. The Balaban J connectivity index is 1.84. The van der Waals surface area contributed by atoms with Crippen molar-refractivity contribution in [1.29, 1.82) is 0 Å². The molecule has 1 N–H and O–H groups in total. The minimum atomic E-state index is -0.865. The number of likely N-dealkylation sites (tertiary alicyclic amines) is 1. The fraction of sp³-hybridized carbons (Fsp3) is 0.125. The van der Waals surface area contributed by atoms with Crippen molar-refractivity contribution in [3.05, 3.63) is 99.4 Å². The van der Waals surface area contributed by atoms with E-state index in [0.717, 1.165) is 4.47 Å². The summed E-state index contributed by atoms with van der Waals surface area (Å²) in [5, 5.41) is 11.0. The predicted octanol–water partition coefficient (Wildman–Crippen LogP) is 4.45. The Labute approximate surface area is 192 Å². The zero-order valence-corrected chi connectivity index (χ0v) is 18.5. The first kappa shape index (κ1) is 21.6. The van der Waals surface area contributed by atoms with Crippen LogP contribution in [0.2, 0.25) is 0 Å². The summed E-state index contributed by atoms with van der Waals surface area (Å²) in [4.78, 5) is 39.1. The van der Waals surface area contributed by atoms with Gasteiger partial charge in [-0.25, -0.2) is 4.79 Å². The third kappa shape index (κ3) is 3.97. The normalized spacial score (nSPS) is 17.6. The summed E-state index contributed by atoms with van der Waals surface area (Å²) in [5.41, 5.74) is 1.25. The van der Waals surface area contributed by atoms with Crippen LogP contribution in [0, 0.1) is 0 Å². The SMILES string of the molecule is COC(=O)c1ccc([C@@H]2C(=C(O)c3ccc(Br)cc3)C(=O)C(=O)N2Cc2ccco2)cc1. The van der Waals surface area contributed by atoms with Gasteiger partial charge in [0.05, 0.1) is 37.1 Å². The molecule has 1 aliphatic rings. The number of nitrogens with zero attached hydrogens (tertiary/aromatic N) is 1. The van der Waals surface area contributed by atoms with E-state index in [1.165, 1.54) is 18.3 Å². The van der Waals surface area contributed by atoms with Crippen LogP contribution in [0.1, 0.15) is 33.3 Å². The van der Waals surface area contributed by atoms with Gasteiger partial charge in [0.25, 0.3) is 11.7 Å². The van der Waals surface area contributed by atoms with Crippen LogP contribution in [-0.4, -0.2) is 34.8 Å². The van der Waals surface area contributed by atoms with Gasteiger partial charge in [0.1, 0.15) is 11.5 Å². The lowest BCUT2D eigenvalue weighted by Gasteiger charge is -2.24. The average molecular weight is 496 g/mol. The molecule has 0 radical (unpaired) electrons. The van der Waals surface area contributed by atoms with Crippen molar-refractivity contribution in [1.82, 2.24) is 4.90 Å². The van der Waals surface area contributed by atoms with E-state index in [-0.39, 0.29) is 17.9 Å². The topological polar surface area (TPSA) is 97.0 Å². The lowest BCUT2D eigenvalue weighted by Crippen LogP contribution is -2.29. The molecule has 4 rings (SSSR count). The number of ketones is 1. The number of carbonyl (C=O) groups is 3. The van der Waals surface area contributed by atoms with Gasteiger partial charge in [0.15, 0.2) is 0 Å². The van der Waals surface area contributed by atoms with Crippen LogP contribution >= 0.6 is 15.9 Å². The molecule has 0 aliphatic carbocycles. The number of carbonyl (C=O) groups excluding carboxylic acids is 3. The van der Waals surface area contributed by atoms with Crippen molar-refractivity contribution in [2.24, 2.45) is 0 Å². The number of amides is 1. The molecule has 7 nitrogen and oxygen atoms in total. The van der Waals surface area contributed by atoms with E-state index in [0.29, 0.717) is 22.5 Å². The van der Waals surface area contributed by atoms with Crippen molar-refractivity contribution in [2.75, 3.05) is 7.11 Å². The summed E-state index contributed by atoms with van der Waals surface area (Å²) in [6, 6.07) is 15.6. The summed E-state index contributed by atoms with van der Waals surface area (Å²) < 4.78 is 10.9. The Morgan fingerprint density at radius 3 is 2.31 bits per heavy atom. The van der Waals surface area contributed by atoms with Crippen molar-refractivity contribution in [3.8, 4) is 0 Å². The number of halogens is 1. The third-order valence-electron chi connectivity index (χ3n) is 5.21. The maximum atomic E-state index is 13.0. The summed E-state index contributed by atoms with van der Waals surface area (Å²) in [6.07, 6.45) is 1.48. The van der Waals surface area contributed by atoms with E-state index < -0.39 is 23.7 Å². The molecule has 0 saturated carbocycles. The molecule has 0 bridgehead atoms. The molecule has 8 heteroatoms. The fourth-order valence-electron chi connectivity index (χ4n) is 3.64. The highest BCUT2D eigenvalue weighted by Gasteiger charge is 2.46. The number of rotatable bonds is 5. The number of furan rings is 1. The second-order valence-electron chi connectivity index (χ2n) is 7.13. The molecule has 0 unspecified atom stereocenters. The molecule has 1 aromatic heterocycles. The van der Waals surface area contributed by atoms with E-state index in [1.54, 1.807) is 60.7 Å². The lowest BCUT2D eigenvalue weighted by atomic mass is 9.94. The van der Waals surface area contributed by atoms with E-state index >= 15 is 0 Å². The Bertz CT molecular complexity index is 1200. The number of hydrogen-bond acceptors (Lipinski definition) is 6. The van der Waals surface area contributed by atoms with Gasteiger partial charge in [-0.1, -0.05) is 40.2 Å². The van der Waals surface area contributed by atoms with Gasteiger partial charge in [-0.15, -0.1) is 0 Å². The zero-order valence-electron chi connectivity index (χ0n) is 16.9. The van der Waals surface area contributed by atoms with Gasteiger partial charge < -0.3 is 19.2 Å². The van der Waals surface area contributed by atoms with Crippen LogP contribution in [0.3, 0.4) is 0 Å². The molecule has 1 amide bonds. The summed E-state index contributed by atoms with van der Waals surface area (Å²) >= 11 is 3.34. The van der Waals surface area contributed by atoms with Gasteiger partial charge in [-0.3, -0.25) is 9.59 Å². The largest absolute Gasteiger partial charge is 0.507 e. The molecule has 0 spiro atoms. The third-order valence-corrected chi connectivity index (χ3v) is 5.74. The highest BCUT2D eigenvalue weighted by atomic mass is 79.9. The molecule has 1 fully saturated rings. The molecule has 2 heterocycles. The molecule has 1 atom stereocenters. The Hall–Kier alpha value is -3.65. The quantitative estimate of drug-likeness (QED) is 0.243. The van der Waals surface area contributed by atoms with Crippen LogP contribution in [0.5, 0.6) is 0 Å². The number of aliphatic hydroxyl groups is 1. The second kappa shape index (κ2) is 8.84. The van der Waals surface area contributed by atoms with Crippen LogP contribution in [0.15, 0.2) is 81.4 Å². The monoisotopic (exact) mass is 495 g/mol. The van der Waals surface area contributed by atoms with E-state index in [9.17, 15) is 19.5 Å². The molecule has 3 aromatic rings. The number of esters is 1. The number of benzene rings is 2. The predicted molar refractivity (Wildman–Crippen MR) is 118 cm³/mol. The molecule has 1 saturated heterocycles. The first-order chi connectivity index (χ1) is 15.4. The summed E-state index contributed by atoms with van der Waals surface area (Å²) in [7, 11) is 1.28. The van der Waals surface area contributed by atoms with Crippen LogP contribution < -0.4 is 0 Å². The Morgan fingerprint density at radius 2 is 1.72 bits per heavy atom. The Kier molecular flexibility index (Phi) is 5.96. The number of Topliss-reactive ketones (excluding diaryl/α,β-unsaturated/α-hetero) is 1. The van der Waals surface area contributed by atoms with Gasteiger partial charge in [0.2, 0.25) is 0 Å². The molecular formula is C24H18BrNO6. The highest BCUT2D eigenvalue weighted by molar-refractivity contribution is 9.10. The number of aliphatic hydroxyl groups excluding tert-OH is 1. The maximum Gasteiger partial charge on any atom is 0.337 e. The minimum absolute atomic E-state index is 0.0327. The minimum Gasteiger partial charge on any atom is -0.507 e. The number of methoxy groups -OCH3 is 1. The van der Waals surface area contributed by atoms with Gasteiger partial charge in [-0.05, 0) is 42.0 Å². The van der Waals surface area contributed by atoms with Gasteiger partial charge >= 0.3 is 5.97 Å². The number of ether oxygens (including phenoxy) is 1. The first-order valence-corrected chi connectivity index (χ1v) is 10.4. The van der Waals surface area contributed by atoms with Crippen molar-refractivity contribution >= 4 is 39.3 Å². The lowest BCUT2D eigenvalue weighted by molar-refractivity contribution is -0.140. The first-order valence-electron chi connectivity index (χ1n) is 9.65. The van der Waals surface area contributed by atoms with Crippen LogP contribution in [0.4, 0.5) is 0 Å². The summed E-state index contributed by atoms with van der Waals surface area (Å²) in [6.45, 7) is 0.0398. The highest BCUT2D eigenvalue weighted by Crippen LogP contribution is 2.40. The van der Waals surface area contributed by atoms with Crippen molar-refractivity contribution in [2.45, 2.75) is 12.6 Å². The second-order valence-corrected chi connectivity index (χ2v) is 8.04. The molecular weight excluding hydrogens is 478 g/mol. The van der Waals surface area contributed by atoms with Crippen LogP contribution in [-0.2, 0) is 20.9 Å². The Morgan fingerprint density at radius 1 is 1.06 bits per heavy atom. The molecule has 2 aromatic carbocycles. The fourth-order valence-corrected chi connectivity index (χ4v) is 3.91. The molecule has 1 aliphatic heterocycles. The number of hydrogen-bond donors (Lipinski definition) is 1.